The third-order valence-corrected chi connectivity index (χ3v) is 1.85. The molecule has 0 saturated heterocycles. The van der Waals surface area contributed by atoms with E-state index in [9.17, 15) is 0 Å². The van der Waals surface area contributed by atoms with Gasteiger partial charge in [-0.1, -0.05) is 28.9 Å². The summed E-state index contributed by atoms with van der Waals surface area (Å²) in [5.74, 6) is 0. The molecular formula is C7H7BClNO3. The fourth-order valence-corrected chi connectivity index (χ4v) is 1.12. The number of nitrogens with zero attached hydrogens (tertiary/aromatic N) is 1. The molecule has 1 aromatic carbocycles. The van der Waals surface area contributed by atoms with Crippen LogP contribution in [0.2, 0.25) is 5.02 Å². The zero-order valence-electron chi connectivity index (χ0n) is 6.55. The SMILES string of the molecule is ON=Cc1ccc(Cl)c(B(O)O)c1. The van der Waals surface area contributed by atoms with Crippen LogP contribution in [0.3, 0.4) is 0 Å². The lowest BCUT2D eigenvalue weighted by atomic mass is 9.79. The summed E-state index contributed by atoms with van der Waals surface area (Å²) < 4.78 is 0. The summed E-state index contributed by atoms with van der Waals surface area (Å²) in [6.45, 7) is 0. The van der Waals surface area contributed by atoms with Crippen LogP contribution in [-0.4, -0.2) is 28.6 Å². The van der Waals surface area contributed by atoms with Crippen LogP contribution in [0.4, 0.5) is 0 Å². The molecule has 0 aliphatic rings. The van der Waals surface area contributed by atoms with Gasteiger partial charge in [-0.3, -0.25) is 0 Å². The van der Waals surface area contributed by atoms with Gasteiger partial charge >= 0.3 is 7.12 Å². The second-order valence-corrected chi connectivity index (χ2v) is 2.81. The smallest absolute Gasteiger partial charge is 0.423 e. The molecule has 0 aromatic heterocycles. The standard InChI is InChI=1S/C7H7BClNO3/c9-7-2-1-5(4-10-13)3-6(7)8(11)12/h1-4,11-13H. The third-order valence-electron chi connectivity index (χ3n) is 1.51. The Morgan fingerprint density at radius 3 is 2.62 bits per heavy atom. The molecule has 68 valence electrons. The Bertz CT molecular complexity index is 330. The molecule has 3 N–H and O–H groups in total. The predicted octanol–water partition coefficient (Wildman–Crippen LogP) is -0.172. The Labute approximate surface area is 80.2 Å². The van der Waals surface area contributed by atoms with E-state index >= 15 is 0 Å². The van der Waals surface area contributed by atoms with Gasteiger partial charge in [-0.25, -0.2) is 0 Å². The first-order valence-electron chi connectivity index (χ1n) is 3.48. The van der Waals surface area contributed by atoms with Crippen molar-refractivity contribution in [1.82, 2.24) is 0 Å². The van der Waals surface area contributed by atoms with Crippen LogP contribution < -0.4 is 5.46 Å². The zero-order valence-corrected chi connectivity index (χ0v) is 7.31. The van der Waals surface area contributed by atoms with Crippen molar-refractivity contribution in [2.75, 3.05) is 0 Å². The lowest BCUT2D eigenvalue weighted by Crippen LogP contribution is -2.31. The van der Waals surface area contributed by atoms with Crippen LogP contribution in [-0.2, 0) is 0 Å². The fraction of sp³-hybridized carbons (Fsp3) is 0. The van der Waals surface area contributed by atoms with Gasteiger partial charge < -0.3 is 15.3 Å². The highest BCUT2D eigenvalue weighted by molar-refractivity contribution is 6.62. The van der Waals surface area contributed by atoms with Gasteiger partial charge in [0.15, 0.2) is 0 Å². The number of hydrogen-bond donors (Lipinski definition) is 3. The molecule has 6 heteroatoms. The Morgan fingerprint density at radius 2 is 2.08 bits per heavy atom. The predicted molar refractivity (Wildman–Crippen MR) is 50.7 cm³/mol. The van der Waals surface area contributed by atoms with Gasteiger partial charge in [0.1, 0.15) is 0 Å². The molecule has 1 aromatic rings. The first kappa shape index (κ1) is 10.0. The summed E-state index contributed by atoms with van der Waals surface area (Å²) in [4.78, 5) is 0. The molecule has 0 spiro atoms. The van der Waals surface area contributed by atoms with Gasteiger partial charge in [-0.2, -0.15) is 0 Å². The first-order chi connectivity index (χ1) is 6.15. The molecule has 0 heterocycles. The minimum absolute atomic E-state index is 0.180. The first-order valence-corrected chi connectivity index (χ1v) is 3.86. The largest absolute Gasteiger partial charge is 0.489 e. The monoisotopic (exact) mass is 199 g/mol. The molecule has 0 atom stereocenters. The summed E-state index contributed by atoms with van der Waals surface area (Å²) in [7, 11) is -1.63. The molecule has 4 nitrogen and oxygen atoms in total. The highest BCUT2D eigenvalue weighted by Crippen LogP contribution is 2.06. The van der Waals surface area contributed by atoms with Crippen molar-refractivity contribution in [3.05, 3.63) is 28.8 Å². The number of rotatable bonds is 2. The van der Waals surface area contributed by atoms with Crippen molar-refractivity contribution >= 4 is 30.4 Å². The maximum atomic E-state index is 8.86. The number of halogens is 1. The molecule has 0 unspecified atom stereocenters. The van der Waals surface area contributed by atoms with E-state index in [1.54, 1.807) is 6.07 Å². The van der Waals surface area contributed by atoms with E-state index in [1.165, 1.54) is 18.3 Å². The maximum absolute atomic E-state index is 8.86. The third kappa shape index (κ3) is 2.45. The number of benzene rings is 1. The van der Waals surface area contributed by atoms with Crippen molar-refractivity contribution in [3.8, 4) is 0 Å². The van der Waals surface area contributed by atoms with Crippen LogP contribution in [0, 0.1) is 0 Å². The molecule has 0 aliphatic carbocycles. The van der Waals surface area contributed by atoms with Crippen molar-refractivity contribution in [2.24, 2.45) is 5.16 Å². The van der Waals surface area contributed by atoms with E-state index in [4.69, 9.17) is 26.9 Å². The maximum Gasteiger partial charge on any atom is 0.489 e. The molecule has 0 amide bonds. The summed E-state index contributed by atoms with van der Waals surface area (Å²) in [6.07, 6.45) is 1.17. The molecular weight excluding hydrogens is 192 g/mol. The van der Waals surface area contributed by atoms with Gasteiger partial charge in [0.05, 0.1) is 6.21 Å². The van der Waals surface area contributed by atoms with Crippen molar-refractivity contribution in [3.63, 3.8) is 0 Å². The summed E-state index contributed by atoms with van der Waals surface area (Å²) >= 11 is 5.66. The molecule has 0 radical (unpaired) electrons. The van der Waals surface area contributed by atoms with Gasteiger partial charge in [0.25, 0.3) is 0 Å². The lowest BCUT2D eigenvalue weighted by molar-refractivity contribution is 0.322. The van der Waals surface area contributed by atoms with E-state index in [-0.39, 0.29) is 10.5 Å². The molecule has 13 heavy (non-hydrogen) atoms. The zero-order chi connectivity index (χ0) is 9.84. The average molecular weight is 199 g/mol. The molecule has 0 fully saturated rings. The van der Waals surface area contributed by atoms with Gasteiger partial charge in [-0.15, -0.1) is 0 Å². The Balaban J connectivity index is 3.11. The van der Waals surface area contributed by atoms with Gasteiger partial charge in [-0.05, 0) is 11.6 Å². The van der Waals surface area contributed by atoms with E-state index in [1.807, 2.05) is 0 Å². The molecule has 0 bridgehead atoms. The van der Waals surface area contributed by atoms with Crippen LogP contribution >= 0.6 is 11.6 Å². The van der Waals surface area contributed by atoms with E-state index in [2.05, 4.69) is 5.16 Å². The van der Waals surface area contributed by atoms with Crippen molar-refractivity contribution in [1.29, 1.82) is 0 Å². The van der Waals surface area contributed by atoms with E-state index in [0.717, 1.165) is 0 Å². The van der Waals surface area contributed by atoms with Crippen LogP contribution in [0.15, 0.2) is 23.4 Å². The lowest BCUT2D eigenvalue weighted by Gasteiger charge is -2.02. The molecule has 0 saturated carbocycles. The van der Waals surface area contributed by atoms with Gasteiger partial charge in [0.2, 0.25) is 0 Å². The van der Waals surface area contributed by atoms with Crippen LogP contribution in [0.1, 0.15) is 5.56 Å². The Kier molecular flexibility index (Phi) is 3.30. The van der Waals surface area contributed by atoms with Crippen molar-refractivity contribution in [2.45, 2.75) is 0 Å². The van der Waals surface area contributed by atoms with E-state index < -0.39 is 7.12 Å². The number of hydrogen-bond acceptors (Lipinski definition) is 4. The van der Waals surface area contributed by atoms with Crippen molar-refractivity contribution < 1.29 is 15.3 Å². The normalized spacial score (nSPS) is 10.7. The highest BCUT2D eigenvalue weighted by Gasteiger charge is 2.14. The minimum atomic E-state index is -1.63. The molecule has 0 aliphatic heterocycles. The second kappa shape index (κ2) is 4.27. The second-order valence-electron chi connectivity index (χ2n) is 2.40. The molecule has 1 rings (SSSR count). The Hall–Kier alpha value is -1.04. The summed E-state index contributed by atoms with van der Waals surface area (Å²) in [5, 5.41) is 29.0. The average Bonchev–Trinajstić information content (AvgIpc) is 2.08. The minimum Gasteiger partial charge on any atom is -0.423 e. The summed E-state index contributed by atoms with van der Waals surface area (Å²) in [5.41, 5.74) is 0.717. The van der Waals surface area contributed by atoms with Crippen LogP contribution in [0.5, 0.6) is 0 Å². The quantitative estimate of drug-likeness (QED) is 0.268. The summed E-state index contributed by atoms with van der Waals surface area (Å²) in [6, 6.07) is 4.51. The topological polar surface area (TPSA) is 73.1 Å². The Morgan fingerprint density at radius 1 is 1.38 bits per heavy atom. The highest BCUT2D eigenvalue weighted by atomic mass is 35.5. The number of oxime groups is 1. The van der Waals surface area contributed by atoms with Crippen LogP contribution in [0.25, 0.3) is 0 Å². The fourth-order valence-electron chi connectivity index (χ4n) is 0.907. The van der Waals surface area contributed by atoms with Gasteiger partial charge in [0, 0.05) is 10.5 Å². The van der Waals surface area contributed by atoms with E-state index in [0.29, 0.717) is 5.56 Å².